The van der Waals surface area contributed by atoms with Crippen molar-refractivity contribution < 1.29 is 22.5 Å². The topological polar surface area (TPSA) is 36.9 Å². The Morgan fingerprint density at radius 3 is 2.26 bits per heavy atom. The number of carbonyl (C=O) groups is 1. The highest BCUT2D eigenvalue weighted by atomic mass is 35.5. The highest BCUT2D eigenvalue weighted by Gasteiger charge is 2.46. The zero-order valence-corrected chi connectivity index (χ0v) is 12.8. The van der Waals surface area contributed by atoms with E-state index in [1.807, 2.05) is 30.1 Å². The van der Waals surface area contributed by atoms with Crippen LogP contribution in [0.1, 0.15) is 26.3 Å². The van der Waals surface area contributed by atoms with Crippen LogP contribution < -0.4 is 17.7 Å². The lowest BCUT2D eigenvalue weighted by atomic mass is 9.92. The zero-order chi connectivity index (χ0) is 13.3. The molecule has 1 fully saturated rings. The first-order valence-electron chi connectivity index (χ1n) is 6.55. The molecule has 0 radical (unpaired) electrons. The number of nitrogens with zero attached hydrogens (tertiary/aromatic N) is 1. The molecule has 0 aromatic heterocycles. The van der Waals surface area contributed by atoms with Gasteiger partial charge in [-0.2, -0.15) is 0 Å². The summed E-state index contributed by atoms with van der Waals surface area (Å²) in [5, 5.41) is 2.22. The number of likely N-dealkylation sites (N-methyl/N-ethyl adjacent to an activating group) is 1. The minimum absolute atomic E-state index is 0. The van der Waals surface area contributed by atoms with E-state index in [4.69, 9.17) is 0 Å². The van der Waals surface area contributed by atoms with Crippen LogP contribution in [0.4, 0.5) is 0 Å². The molecule has 2 rings (SSSR count). The highest BCUT2D eigenvalue weighted by molar-refractivity contribution is 5.82. The maximum atomic E-state index is 12.3. The molecule has 3 nitrogen and oxygen atoms in total. The van der Waals surface area contributed by atoms with E-state index in [1.165, 1.54) is 5.56 Å². The van der Waals surface area contributed by atoms with Crippen molar-refractivity contribution in [2.24, 2.45) is 5.41 Å². The van der Waals surface area contributed by atoms with Gasteiger partial charge in [0.1, 0.15) is 0 Å². The van der Waals surface area contributed by atoms with Gasteiger partial charge >= 0.3 is 0 Å². The first kappa shape index (κ1) is 16.0. The van der Waals surface area contributed by atoms with Crippen molar-refractivity contribution in [3.63, 3.8) is 0 Å². The van der Waals surface area contributed by atoms with Crippen molar-refractivity contribution in [1.29, 1.82) is 0 Å². The fraction of sp³-hybridized carbons (Fsp3) is 0.533. The lowest BCUT2D eigenvalue weighted by molar-refractivity contribution is -0.717. The molecule has 1 aromatic rings. The largest absolute Gasteiger partial charge is 1.00 e. The average molecular weight is 283 g/mol. The van der Waals surface area contributed by atoms with E-state index in [2.05, 4.69) is 38.2 Å². The molecule has 1 aromatic carbocycles. The molecule has 1 aliphatic heterocycles. The number of nitrogens with two attached hydrogens (primary N) is 1. The first-order valence-corrected chi connectivity index (χ1v) is 6.55. The summed E-state index contributed by atoms with van der Waals surface area (Å²) in [6, 6.07) is 10.3. The third-order valence-corrected chi connectivity index (χ3v) is 3.68. The van der Waals surface area contributed by atoms with Crippen LogP contribution in [-0.2, 0) is 11.2 Å². The molecule has 19 heavy (non-hydrogen) atoms. The Bertz CT molecular complexity index is 428. The molecule has 1 heterocycles. The van der Waals surface area contributed by atoms with E-state index in [9.17, 15) is 4.79 Å². The normalized spacial score (nSPS) is 23.4. The van der Waals surface area contributed by atoms with E-state index in [-0.39, 0.29) is 35.9 Å². The number of amides is 1. The molecule has 106 valence electrons. The summed E-state index contributed by atoms with van der Waals surface area (Å²) in [6.07, 6.45) is 1.05. The maximum Gasteiger partial charge on any atom is 0.285 e. The standard InChI is InChI=1S/C15H22N2O.ClH/c1-15(2,3)14-16-12(13(18)17(14)4)10-11-8-6-5-7-9-11;/h5-9,12,14,16H,10H2,1-4H3;1H/t12-,14-;/m1./s1. The zero-order valence-electron chi connectivity index (χ0n) is 12.1. The molecular formula is C15H23ClN2O. The molecule has 0 bridgehead atoms. The van der Waals surface area contributed by atoms with Crippen molar-refractivity contribution in [3.8, 4) is 0 Å². The van der Waals surface area contributed by atoms with Crippen LogP contribution in [0.15, 0.2) is 30.3 Å². The van der Waals surface area contributed by atoms with Gasteiger partial charge in [-0.05, 0) is 5.56 Å². The molecule has 0 spiro atoms. The molecule has 0 aliphatic carbocycles. The van der Waals surface area contributed by atoms with Crippen LogP contribution in [0.2, 0.25) is 0 Å². The van der Waals surface area contributed by atoms with Gasteiger partial charge in [-0.25, -0.2) is 0 Å². The summed E-state index contributed by atoms with van der Waals surface area (Å²) in [7, 11) is 1.92. The second kappa shape index (κ2) is 5.93. The summed E-state index contributed by atoms with van der Waals surface area (Å²) in [5.41, 5.74) is 1.34. The van der Waals surface area contributed by atoms with Crippen molar-refractivity contribution >= 4 is 5.91 Å². The van der Waals surface area contributed by atoms with Gasteiger partial charge in [0, 0.05) is 18.9 Å². The minimum atomic E-state index is 0. The van der Waals surface area contributed by atoms with Gasteiger partial charge in [0.2, 0.25) is 0 Å². The number of quaternary nitrogens is 1. The fourth-order valence-electron chi connectivity index (χ4n) is 2.72. The molecule has 2 N–H and O–H groups in total. The smallest absolute Gasteiger partial charge is 0.285 e. The molecule has 1 aliphatic rings. The third-order valence-electron chi connectivity index (χ3n) is 3.68. The van der Waals surface area contributed by atoms with E-state index < -0.39 is 0 Å². The van der Waals surface area contributed by atoms with Crippen molar-refractivity contribution in [2.45, 2.75) is 39.4 Å². The van der Waals surface area contributed by atoms with E-state index in [0.29, 0.717) is 0 Å². The van der Waals surface area contributed by atoms with E-state index >= 15 is 0 Å². The first-order chi connectivity index (χ1) is 8.39. The molecule has 1 amide bonds. The quantitative estimate of drug-likeness (QED) is 0.670. The van der Waals surface area contributed by atoms with Crippen LogP contribution in [0.5, 0.6) is 0 Å². The van der Waals surface area contributed by atoms with Crippen LogP contribution in [-0.4, -0.2) is 30.1 Å². The monoisotopic (exact) mass is 282 g/mol. The Kier molecular flexibility index (Phi) is 4.99. The van der Waals surface area contributed by atoms with Crippen LogP contribution in [0.3, 0.4) is 0 Å². The van der Waals surface area contributed by atoms with Gasteiger partial charge < -0.3 is 17.7 Å². The molecule has 2 atom stereocenters. The minimum Gasteiger partial charge on any atom is -1.00 e. The second-order valence-electron chi connectivity index (χ2n) is 6.25. The van der Waals surface area contributed by atoms with Gasteiger partial charge in [0.15, 0.2) is 12.2 Å². The van der Waals surface area contributed by atoms with Gasteiger partial charge in [-0.1, -0.05) is 51.1 Å². The van der Waals surface area contributed by atoms with Crippen molar-refractivity contribution in [3.05, 3.63) is 35.9 Å². The number of rotatable bonds is 2. The Morgan fingerprint density at radius 1 is 1.21 bits per heavy atom. The lowest BCUT2D eigenvalue weighted by Crippen LogP contribution is -3.00. The van der Waals surface area contributed by atoms with Crippen LogP contribution in [0.25, 0.3) is 0 Å². The second-order valence-corrected chi connectivity index (χ2v) is 6.25. The van der Waals surface area contributed by atoms with Gasteiger partial charge in [-0.15, -0.1) is 0 Å². The van der Waals surface area contributed by atoms with E-state index in [0.717, 1.165) is 6.42 Å². The molecule has 1 saturated heterocycles. The fourth-order valence-corrected chi connectivity index (χ4v) is 2.72. The van der Waals surface area contributed by atoms with Gasteiger partial charge in [0.25, 0.3) is 5.91 Å². The summed E-state index contributed by atoms with van der Waals surface area (Å²) in [6.45, 7) is 6.55. The third kappa shape index (κ3) is 3.48. The summed E-state index contributed by atoms with van der Waals surface area (Å²) in [5.74, 6) is 0.249. The number of carbonyl (C=O) groups excluding carboxylic acids is 1. The lowest BCUT2D eigenvalue weighted by Gasteiger charge is -2.28. The maximum absolute atomic E-state index is 12.3. The van der Waals surface area contributed by atoms with E-state index in [1.54, 1.807) is 0 Å². The van der Waals surface area contributed by atoms with Crippen molar-refractivity contribution in [1.82, 2.24) is 4.90 Å². The highest BCUT2D eigenvalue weighted by Crippen LogP contribution is 2.22. The Balaban J connectivity index is 0.00000180. The summed E-state index contributed by atoms with van der Waals surface area (Å²) >= 11 is 0. The summed E-state index contributed by atoms with van der Waals surface area (Å²) in [4.78, 5) is 14.2. The number of hydrogen-bond donors (Lipinski definition) is 1. The van der Waals surface area contributed by atoms with Crippen LogP contribution >= 0.6 is 0 Å². The number of halogens is 1. The molecular weight excluding hydrogens is 260 g/mol. The van der Waals surface area contributed by atoms with Crippen molar-refractivity contribution in [2.75, 3.05) is 7.05 Å². The molecule has 0 saturated carbocycles. The Labute approximate surface area is 121 Å². The average Bonchev–Trinajstić information content (AvgIpc) is 2.58. The summed E-state index contributed by atoms with van der Waals surface area (Å²) < 4.78 is 0. The van der Waals surface area contributed by atoms with Gasteiger partial charge in [0.05, 0.1) is 0 Å². The number of benzene rings is 1. The predicted molar refractivity (Wildman–Crippen MR) is 71.9 cm³/mol. The van der Waals surface area contributed by atoms with Gasteiger partial charge in [-0.3, -0.25) is 9.69 Å². The molecule has 0 unspecified atom stereocenters. The predicted octanol–water partition coefficient (Wildman–Crippen LogP) is -1.99. The van der Waals surface area contributed by atoms with Crippen LogP contribution in [0, 0.1) is 5.41 Å². The Morgan fingerprint density at radius 2 is 1.79 bits per heavy atom. The molecule has 4 heteroatoms. The number of hydrogen-bond acceptors (Lipinski definition) is 1. The SMILES string of the molecule is CN1C(=O)[C@@H](Cc2ccccc2)[NH2+][C@H]1C(C)(C)C.[Cl-]. The Hall–Kier alpha value is -1.06.